The lowest BCUT2D eigenvalue weighted by Gasteiger charge is -2.08. The summed E-state index contributed by atoms with van der Waals surface area (Å²) in [6.45, 7) is 2.97. The third-order valence-corrected chi connectivity index (χ3v) is 1.78. The van der Waals surface area contributed by atoms with Gasteiger partial charge in [0.25, 0.3) is 0 Å². The molecular weight excluding hydrogens is 140 g/mol. The van der Waals surface area contributed by atoms with Crippen LogP contribution < -0.4 is 10.6 Å². The minimum absolute atomic E-state index is 0.589. The number of amides is 1. The van der Waals surface area contributed by atoms with E-state index in [9.17, 15) is 4.79 Å². The molecule has 0 radical (unpaired) electrons. The van der Waals surface area contributed by atoms with Gasteiger partial charge in [0.2, 0.25) is 6.41 Å². The second-order valence-electron chi connectivity index (χ2n) is 2.76. The smallest absolute Gasteiger partial charge is 0.207 e. The molecule has 0 aliphatic heterocycles. The lowest BCUT2D eigenvalue weighted by molar-refractivity contribution is -0.109. The highest BCUT2D eigenvalue weighted by Gasteiger charge is 1.95. The summed E-state index contributed by atoms with van der Waals surface area (Å²) in [6, 6.07) is 0.589. The van der Waals surface area contributed by atoms with Crippen LogP contribution in [0.4, 0.5) is 0 Å². The van der Waals surface area contributed by atoms with Crippen LogP contribution in [0.25, 0.3) is 0 Å². The van der Waals surface area contributed by atoms with Crippen molar-refractivity contribution in [3.05, 3.63) is 0 Å². The summed E-state index contributed by atoms with van der Waals surface area (Å²) >= 11 is 0. The molecule has 1 unspecified atom stereocenters. The van der Waals surface area contributed by atoms with E-state index >= 15 is 0 Å². The van der Waals surface area contributed by atoms with Gasteiger partial charge in [-0.25, -0.2) is 0 Å². The molecule has 0 rings (SSSR count). The SMILES string of the molecule is CNC(C)CCCCNC=O. The summed E-state index contributed by atoms with van der Waals surface area (Å²) < 4.78 is 0. The maximum absolute atomic E-state index is 9.83. The minimum Gasteiger partial charge on any atom is -0.359 e. The fourth-order valence-corrected chi connectivity index (χ4v) is 0.881. The van der Waals surface area contributed by atoms with E-state index in [1.165, 1.54) is 12.8 Å². The molecule has 0 aliphatic rings. The molecule has 0 aromatic heterocycles. The maximum atomic E-state index is 9.83. The van der Waals surface area contributed by atoms with Gasteiger partial charge in [0, 0.05) is 12.6 Å². The maximum Gasteiger partial charge on any atom is 0.207 e. The van der Waals surface area contributed by atoms with Gasteiger partial charge in [-0.1, -0.05) is 6.42 Å². The first kappa shape index (κ1) is 10.4. The molecule has 0 saturated heterocycles. The van der Waals surface area contributed by atoms with Crippen LogP contribution in [0.3, 0.4) is 0 Å². The molecule has 0 aromatic carbocycles. The highest BCUT2D eigenvalue weighted by Crippen LogP contribution is 1.98. The van der Waals surface area contributed by atoms with E-state index in [2.05, 4.69) is 17.6 Å². The first-order valence-electron chi connectivity index (χ1n) is 4.15. The van der Waals surface area contributed by atoms with Gasteiger partial charge < -0.3 is 10.6 Å². The summed E-state index contributed by atoms with van der Waals surface area (Å²) in [5.41, 5.74) is 0. The monoisotopic (exact) mass is 158 g/mol. The Labute approximate surface area is 68.6 Å². The van der Waals surface area contributed by atoms with Crippen molar-refractivity contribution in [1.29, 1.82) is 0 Å². The number of carbonyl (C=O) groups is 1. The van der Waals surface area contributed by atoms with Crippen molar-refractivity contribution in [3.8, 4) is 0 Å². The molecule has 3 nitrogen and oxygen atoms in total. The van der Waals surface area contributed by atoms with Gasteiger partial charge in [0.15, 0.2) is 0 Å². The van der Waals surface area contributed by atoms with Crippen LogP contribution in [0.2, 0.25) is 0 Å². The summed E-state index contributed by atoms with van der Waals surface area (Å²) in [5, 5.41) is 5.80. The Morgan fingerprint density at radius 3 is 2.73 bits per heavy atom. The number of unbranched alkanes of at least 4 members (excludes halogenated alkanes) is 1. The fourth-order valence-electron chi connectivity index (χ4n) is 0.881. The van der Waals surface area contributed by atoms with Crippen LogP contribution in [0.1, 0.15) is 26.2 Å². The van der Waals surface area contributed by atoms with Crippen molar-refractivity contribution in [1.82, 2.24) is 10.6 Å². The molecule has 0 fully saturated rings. The van der Waals surface area contributed by atoms with E-state index in [0.717, 1.165) is 19.4 Å². The number of rotatable bonds is 7. The van der Waals surface area contributed by atoms with Crippen molar-refractivity contribution in [2.75, 3.05) is 13.6 Å². The van der Waals surface area contributed by atoms with Crippen molar-refractivity contribution in [3.63, 3.8) is 0 Å². The fraction of sp³-hybridized carbons (Fsp3) is 0.875. The van der Waals surface area contributed by atoms with Gasteiger partial charge in [0.05, 0.1) is 0 Å². The van der Waals surface area contributed by atoms with Crippen molar-refractivity contribution in [2.24, 2.45) is 0 Å². The second kappa shape index (κ2) is 7.54. The van der Waals surface area contributed by atoms with E-state index in [1.807, 2.05) is 7.05 Å². The highest BCUT2D eigenvalue weighted by molar-refractivity contribution is 5.45. The number of nitrogens with one attached hydrogen (secondary N) is 2. The zero-order chi connectivity index (χ0) is 8.53. The Hall–Kier alpha value is -0.570. The van der Waals surface area contributed by atoms with E-state index in [4.69, 9.17) is 0 Å². The molecule has 66 valence electrons. The molecule has 0 aromatic rings. The van der Waals surface area contributed by atoms with Gasteiger partial charge in [-0.2, -0.15) is 0 Å². The molecule has 1 amide bonds. The number of hydrogen-bond acceptors (Lipinski definition) is 2. The van der Waals surface area contributed by atoms with Crippen molar-refractivity contribution >= 4 is 6.41 Å². The largest absolute Gasteiger partial charge is 0.359 e. The average molecular weight is 158 g/mol. The zero-order valence-electron chi connectivity index (χ0n) is 7.39. The quantitative estimate of drug-likeness (QED) is 0.419. The third kappa shape index (κ3) is 7.33. The van der Waals surface area contributed by atoms with E-state index in [-0.39, 0.29) is 0 Å². The van der Waals surface area contributed by atoms with E-state index in [1.54, 1.807) is 0 Å². The lowest BCUT2D eigenvalue weighted by atomic mass is 10.1. The third-order valence-electron chi connectivity index (χ3n) is 1.78. The molecule has 0 heterocycles. The summed E-state index contributed by atoms with van der Waals surface area (Å²) in [5.74, 6) is 0. The molecular formula is C8H18N2O. The lowest BCUT2D eigenvalue weighted by Crippen LogP contribution is -2.21. The zero-order valence-corrected chi connectivity index (χ0v) is 7.39. The predicted molar refractivity (Wildman–Crippen MR) is 46.4 cm³/mol. The molecule has 0 spiro atoms. The Bertz CT molecular complexity index is 96.1. The summed E-state index contributed by atoms with van der Waals surface area (Å²) in [4.78, 5) is 9.83. The van der Waals surface area contributed by atoms with Crippen molar-refractivity contribution in [2.45, 2.75) is 32.2 Å². The molecule has 11 heavy (non-hydrogen) atoms. The number of carbonyl (C=O) groups excluding carboxylic acids is 1. The van der Waals surface area contributed by atoms with Crippen LogP contribution in [-0.4, -0.2) is 26.0 Å². The van der Waals surface area contributed by atoms with Gasteiger partial charge >= 0.3 is 0 Å². The topological polar surface area (TPSA) is 41.1 Å². The Morgan fingerprint density at radius 1 is 1.45 bits per heavy atom. The van der Waals surface area contributed by atoms with Crippen LogP contribution in [0.5, 0.6) is 0 Å². The summed E-state index contributed by atoms with van der Waals surface area (Å²) in [7, 11) is 1.97. The predicted octanol–water partition coefficient (Wildman–Crippen LogP) is 0.511. The van der Waals surface area contributed by atoms with Crippen LogP contribution >= 0.6 is 0 Å². The van der Waals surface area contributed by atoms with Gasteiger partial charge in [-0.3, -0.25) is 4.79 Å². The van der Waals surface area contributed by atoms with Gasteiger partial charge in [0.1, 0.15) is 0 Å². The molecule has 0 bridgehead atoms. The first-order valence-corrected chi connectivity index (χ1v) is 4.15. The molecule has 2 N–H and O–H groups in total. The molecule has 1 atom stereocenters. The second-order valence-corrected chi connectivity index (χ2v) is 2.76. The van der Waals surface area contributed by atoms with Gasteiger partial charge in [-0.05, 0) is 26.8 Å². The normalized spacial score (nSPS) is 12.5. The van der Waals surface area contributed by atoms with Gasteiger partial charge in [-0.15, -0.1) is 0 Å². The van der Waals surface area contributed by atoms with Crippen LogP contribution in [0, 0.1) is 0 Å². The van der Waals surface area contributed by atoms with Crippen LogP contribution in [0.15, 0.2) is 0 Å². The van der Waals surface area contributed by atoms with E-state index < -0.39 is 0 Å². The van der Waals surface area contributed by atoms with Crippen molar-refractivity contribution < 1.29 is 4.79 Å². The average Bonchev–Trinajstić information content (AvgIpc) is 2.04. The Morgan fingerprint density at radius 2 is 2.18 bits per heavy atom. The molecule has 0 saturated carbocycles. The Kier molecular flexibility index (Phi) is 7.15. The summed E-state index contributed by atoms with van der Waals surface area (Å²) in [6.07, 6.45) is 4.17. The van der Waals surface area contributed by atoms with E-state index in [0.29, 0.717) is 6.04 Å². The van der Waals surface area contributed by atoms with Crippen LogP contribution in [-0.2, 0) is 4.79 Å². The first-order chi connectivity index (χ1) is 5.31. The Balaban J connectivity index is 2.95. The minimum atomic E-state index is 0.589. The number of hydrogen-bond donors (Lipinski definition) is 2. The molecule has 3 heteroatoms. The molecule has 0 aliphatic carbocycles. The standard InChI is InChI=1S/C8H18N2O/c1-8(9-2)5-3-4-6-10-7-11/h7-9H,3-6H2,1-2H3,(H,10,11). The highest BCUT2D eigenvalue weighted by atomic mass is 16.1.